The van der Waals surface area contributed by atoms with Gasteiger partial charge in [0.05, 0.1) is 0 Å². The van der Waals surface area contributed by atoms with Gasteiger partial charge in [-0.3, -0.25) is 9.78 Å². The monoisotopic (exact) mass is 360 g/mol. The molecule has 1 aromatic heterocycles. The van der Waals surface area contributed by atoms with Gasteiger partial charge in [0, 0.05) is 30.2 Å². The van der Waals surface area contributed by atoms with Crippen LogP contribution in [0.5, 0.6) is 23.0 Å². The maximum Gasteiger partial charge on any atom is 0.248 e. The molecule has 0 saturated heterocycles. The van der Waals surface area contributed by atoms with E-state index in [-0.39, 0.29) is 12.7 Å². The number of nitrogens with zero attached hydrogens (tertiary/aromatic N) is 1. The number of aromatic nitrogens is 1. The van der Waals surface area contributed by atoms with Crippen LogP contribution < -0.4 is 19.5 Å². The molecule has 0 spiro atoms. The fourth-order valence-corrected chi connectivity index (χ4v) is 2.55. The van der Waals surface area contributed by atoms with Crippen molar-refractivity contribution in [1.29, 1.82) is 0 Å². The Morgan fingerprint density at radius 1 is 1.00 bits per heavy atom. The van der Waals surface area contributed by atoms with Crippen molar-refractivity contribution in [2.75, 3.05) is 12.1 Å². The predicted octanol–water partition coefficient (Wildman–Crippen LogP) is 4.25. The lowest BCUT2D eigenvalue weighted by molar-refractivity contribution is -0.111. The Labute approximate surface area is 156 Å². The average Bonchev–Trinajstić information content (AvgIpc) is 3.15. The lowest BCUT2D eigenvalue weighted by Gasteiger charge is -2.07. The molecule has 134 valence electrons. The standard InChI is InChI=1S/C21H16N2O4/c24-21(7-5-15-4-6-19-20(12-15)26-14-25-19)23-16-2-1-3-18(13-16)27-17-8-10-22-11-9-17/h1-13H,14H2,(H,23,24). The number of pyridine rings is 1. The first-order chi connectivity index (χ1) is 13.3. The van der Waals surface area contributed by atoms with Crippen molar-refractivity contribution in [2.24, 2.45) is 0 Å². The van der Waals surface area contributed by atoms with Gasteiger partial charge in [-0.1, -0.05) is 12.1 Å². The summed E-state index contributed by atoms with van der Waals surface area (Å²) in [5.74, 6) is 2.45. The summed E-state index contributed by atoms with van der Waals surface area (Å²) < 4.78 is 16.3. The maximum absolute atomic E-state index is 12.2. The van der Waals surface area contributed by atoms with E-state index in [1.54, 1.807) is 42.7 Å². The van der Waals surface area contributed by atoms with Crippen molar-refractivity contribution in [3.05, 3.63) is 78.6 Å². The molecule has 6 heteroatoms. The van der Waals surface area contributed by atoms with Gasteiger partial charge in [0.25, 0.3) is 0 Å². The van der Waals surface area contributed by atoms with E-state index in [1.165, 1.54) is 6.08 Å². The number of nitrogens with one attached hydrogen (secondary N) is 1. The van der Waals surface area contributed by atoms with Gasteiger partial charge in [-0.2, -0.15) is 0 Å². The summed E-state index contributed by atoms with van der Waals surface area (Å²) in [7, 11) is 0. The lowest BCUT2D eigenvalue weighted by Crippen LogP contribution is -2.07. The summed E-state index contributed by atoms with van der Waals surface area (Å²) in [6, 6.07) is 16.2. The summed E-state index contributed by atoms with van der Waals surface area (Å²) in [6.07, 6.45) is 6.49. The normalized spacial score (nSPS) is 12.1. The summed E-state index contributed by atoms with van der Waals surface area (Å²) in [6.45, 7) is 0.223. The second-order valence-corrected chi connectivity index (χ2v) is 5.75. The Morgan fingerprint density at radius 3 is 2.74 bits per heavy atom. The molecule has 3 aromatic rings. The summed E-state index contributed by atoms with van der Waals surface area (Å²) >= 11 is 0. The van der Waals surface area contributed by atoms with Gasteiger partial charge in [-0.05, 0) is 48.0 Å². The van der Waals surface area contributed by atoms with E-state index in [1.807, 2.05) is 30.3 Å². The molecule has 0 bridgehead atoms. The molecule has 4 rings (SSSR count). The van der Waals surface area contributed by atoms with Gasteiger partial charge < -0.3 is 19.5 Å². The molecule has 2 aromatic carbocycles. The van der Waals surface area contributed by atoms with Crippen LogP contribution in [0.15, 0.2) is 73.1 Å². The van der Waals surface area contributed by atoms with Crippen LogP contribution in [0.25, 0.3) is 6.08 Å². The third kappa shape index (κ3) is 4.24. The fourth-order valence-electron chi connectivity index (χ4n) is 2.55. The molecule has 1 N–H and O–H groups in total. The second kappa shape index (κ2) is 7.61. The second-order valence-electron chi connectivity index (χ2n) is 5.75. The number of hydrogen-bond acceptors (Lipinski definition) is 5. The van der Waals surface area contributed by atoms with Crippen molar-refractivity contribution in [1.82, 2.24) is 4.98 Å². The topological polar surface area (TPSA) is 69.7 Å². The Bertz CT molecular complexity index is 986. The average molecular weight is 360 g/mol. The van der Waals surface area contributed by atoms with E-state index in [0.717, 1.165) is 5.56 Å². The van der Waals surface area contributed by atoms with Crippen molar-refractivity contribution in [2.45, 2.75) is 0 Å². The van der Waals surface area contributed by atoms with Crippen molar-refractivity contribution < 1.29 is 19.0 Å². The Kier molecular flexibility index (Phi) is 4.70. The van der Waals surface area contributed by atoms with Gasteiger partial charge in [0.2, 0.25) is 12.7 Å². The number of fused-ring (bicyclic) bond motifs is 1. The number of rotatable bonds is 5. The van der Waals surface area contributed by atoms with E-state index in [4.69, 9.17) is 14.2 Å². The number of carbonyl (C=O) groups excluding carboxylic acids is 1. The van der Waals surface area contributed by atoms with Crippen molar-refractivity contribution >= 4 is 17.7 Å². The minimum absolute atomic E-state index is 0.223. The Balaban J connectivity index is 1.40. The molecular weight excluding hydrogens is 344 g/mol. The molecule has 1 aliphatic heterocycles. The number of benzene rings is 2. The van der Waals surface area contributed by atoms with Gasteiger partial charge in [-0.15, -0.1) is 0 Å². The predicted molar refractivity (Wildman–Crippen MR) is 101 cm³/mol. The van der Waals surface area contributed by atoms with E-state index in [9.17, 15) is 4.79 Å². The van der Waals surface area contributed by atoms with Crippen LogP contribution >= 0.6 is 0 Å². The molecule has 0 unspecified atom stereocenters. The number of amides is 1. The highest BCUT2D eigenvalue weighted by Gasteiger charge is 2.12. The molecule has 0 aliphatic carbocycles. The molecule has 1 amide bonds. The maximum atomic E-state index is 12.2. The first-order valence-corrected chi connectivity index (χ1v) is 8.33. The van der Waals surface area contributed by atoms with Gasteiger partial charge in [0.15, 0.2) is 11.5 Å². The fraction of sp³-hybridized carbons (Fsp3) is 0.0476. The SMILES string of the molecule is O=C(C=Cc1ccc2c(c1)OCO2)Nc1cccc(Oc2ccncc2)c1. The first-order valence-electron chi connectivity index (χ1n) is 8.33. The minimum Gasteiger partial charge on any atom is -0.457 e. The Morgan fingerprint density at radius 2 is 1.85 bits per heavy atom. The number of anilines is 1. The summed E-state index contributed by atoms with van der Waals surface area (Å²) in [4.78, 5) is 16.1. The van der Waals surface area contributed by atoms with Crippen LogP contribution in [0.3, 0.4) is 0 Å². The lowest BCUT2D eigenvalue weighted by atomic mass is 10.2. The Hall–Kier alpha value is -3.80. The van der Waals surface area contributed by atoms with Crippen molar-refractivity contribution in [3.63, 3.8) is 0 Å². The van der Waals surface area contributed by atoms with Crippen molar-refractivity contribution in [3.8, 4) is 23.0 Å². The van der Waals surface area contributed by atoms with Gasteiger partial charge in [0.1, 0.15) is 11.5 Å². The zero-order valence-electron chi connectivity index (χ0n) is 14.3. The van der Waals surface area contributed by atoms with E-state index < -0.39 is 0 Å². The zero-order chi connectivity index (χ0) is 18.5. The molecule has 0 saturated carbocycles. The van der Waals surface area contributed by atoms with E-state index in [2.05, 4.69) is 10.3 Å². The zero-order valence-corrected chi connectivity index (χ0v) is 14.3. The number of hydrogen-bond donors (Lipinski definition) is 1. The number of carbonyl (C=O) groups is 1. The van der Waals surface area contributed by atoms with Crippen LogP contribution in [0.1, 0.15) is 5.56 Å². The highest BCUT2D eigenvalue weighted by Crippen LogP contribution is 2.32. The van der Waals surface area contributed by atoms with E-state index in [0.29, 0.717) is 28.7 Å². The molecule has 6 nitrogen and oxygen atoms in total. The van der Waals surface area contributed by atoms with Gasteiger partial charge in [-0.25, -0.2) is 0 Å². The largest absolute Gasteiger partial charge is 0.457 e. The summed E-state index contributed by atoms with van der Waals surface area (Å²) in [5, 5.41) is 2.82. The van der Waals surface area contributed by atoms with Crippen LogP contribution in [0.2, 0.25) is 0 Å². The highest BCUT2D eigenvalue weighted by atomic mass is 16.7. The van der Waals surface area contributed by atoms with Crippen LogP contribution in [-0.2, 0) is 4.79 Å². The summed E-state index contributed by atoms with van der Waals surface area (Å²) in [5.41, 5.74) is 1.49. The molecule has 0 fully saturated rings. The molecule has 2 heterocycles. The smallest absolute Gasteiger partial charge is 0.248 e. The molecular formula is C21H16N2O4. The quantitative estimate of drug-likeness (QED) is 0.689. The van der Waals surface area contributed by atoms with E-state index >= 15 is 0 Å². The number of ether oxygens (including phenoxy) is 3. The molecule has 27 heavy (non-hydrogen) atoms. The third-order valence-corrected chi connectivity index (χ3v) is 3.81. The molecule has 0 atom stereocenters. The molecule has 0 radical (unpaired) electrons. The molecule has 1 aliphatic rings. The highest BCUT2D eigenvalue weighted by molar-refractivity contribution is 6.02. The minimum atomic E-state index is -0.242. The van der Waals surface area contributed by atoms with Crippen LogP contribution in [0, 0.1) is 0 Å². The van der Waals surface area contributed by atoms with Crippen LogP contribution in [-0.4, -0.2) is 17.7 Å². The first kappa shape index (κ1) is 16.7. The third-order valence-electron chi connectivity index (χ3n) is 3.81. The van der Waals surface area contributed by atoms with Crippen LogP contribution in [0.4, 0.5) is 5.69 Å². The van der Waals surface area contributed by atoms with Gasteiger partial charge >= 0.3 is 0 Å².